The van der Waals surface area contributed by atoms with Crippen molar-refractivity contribution < 1.29 is 4.79 Å². The average molecular weight is 258 g/mol. The summed E-state index contributed by atoms with van der Waals surface area (Å²) in [4.78, 5) is 13.7. The fraction of sp³-hybridized carbons (Fsp3) is 0.312. The van der Waals surface area contributed by atoms with E-state index in [1.54, 1.807) is 11.3 Å². The minimum absolute atomic E-state index is 0.231. The van der Waals surface area contributed by atoms with Crippen LogP contribution in [0.1, 0.15) is 41.1 Å². The lowest BCUT2D eigenvalue weighted by Gasteiger charge is -2.05. The summed E-state index contributed by atoms with van der Waals surface area (Å²) in [6.45, 7) is 6.22. The maximum atomic E-state index is 11.6. The molecular formula is C16H18OS. The standard InChI is InChI=1S/C16H18OS/c1-4-12-10-13(7-6-11(12)3)15-8-9-16(18-15)14(17)5-2/h6-10H,4-5H2,1-3H3. The molecule has 0 saturated carbocycles. The molecule has 2 heteroatoms. The van der Waals surface area contributed by atoms with Crippen LogP contribution in [-0.4, -0.2) is 5.78 Å². The van der Waals surface area contributed by atoms with Crippen LogP contribution in [0.15, 0.2) is 30.3 Å². The van der Waals surface area contributed by atoms with Gasteiger partial charge in [0.25, 0.3) is 0 Å². The van der Waals surface area contributed by atoms with Crippen molar-refractivity contribution in [1.82, 2.24) is 0 Å². The van der Waals surface area contributed by atoms with E-state index >= 15 is 0 Å². The smallest absolute Gasteiger partial charge is 0.172 e. The van der Waals surface area contributed by atoms with Gasteiger partial charge in [-0.1, -0.05) is 32.0 Å². The van der Waals surface area contributed by atoms with Crippen LogP contribution in [0, 0.1) is 6.92 Å². The molecule has 0 N–H and O–H groups in total. The molecule has 1 aromatic carbocycles. The molecule has 2 aromatic rings. The molecule has 0 bridgehead atoms. The number of hydrogen-bond acceptors (Lipinski definition) is 2. The molecule has 94 valence electrons. The number of thiophene rings is 1. The second-order valence-electron chi connectivity index (χ2n) is 4.44. The molecule has 18 heavy (non-hydrogen) atoms. The number of carbonyl (C=O) groups excluding carboxylic acids is 1. The van der Waals surface area contributed by atoms with Crippen molar-refractivity contribution in [2.24, 2.45) is 0 Å². The fourth-order valence-electron chi connectivity index (χ4n) is 2.02. The van der Waals surface area contributed by atoms with Crippen LogP contribution in [0.2, 0.25) is 0 Å². The normalized spacial score (nSPS) is 10.6. The van der Waals surface area contributed by atoms with Gasteiger partial charge in [0.05, 0.1) is 4.88 Å². The second kappa shape index (κ2) is 5.49. The average Bonchev–Trinajstić information content (AvgIpc) is 2.88. The largest absolute Gasteiger partial charge is 0.293 e. The molecule has 0 aliphatic rings. The molecule has 0 radical (unpaired) electrons. The molecule has 1 heterocycles. The summed E-state index contributed by atoms with van der Waals surface area (Å²) in [6.07, 6.45) is 1.62. The van der Waals surface area contributed by atoms with Crippen molar-refractivity contribution in [1.29, 1.82) is 0 Å². The predicted octanol–water partition coefficient (Wildman–Crippen LogP) is 4.88. The van der Waals surface area contributed by atoms with E-state index in [1.165, 1.54) is 21.6 Å². The van der Waals surface area contributed by atoms with Crippen molar-refractivity contribution in [3.63, 3.8) is 0 Å². The van der Waals surface area contributed by atoms with Gasteiger partial charge in [-0.3, -0.25) is 4.79 Å². The molecule has 0 amide bonds. The van der Waals surface area contributed by atoms with Gasteiger partial charge < -0.3 is 0 Å². The van der Waals surface area contributed by atoms with E-state index < -0.39 is 0 Å². The molecule has 0 unspecified atom stereocenters. The van der Waals surface area contributed by atoms with Gasteiger partial charge in [-0.2, -0.15) is 0 Å². The van der Waals surface area contributed by atoms with Crippen molar-refractivity contribution in [3.8, 4) is 10.4 Å². The maximum Gasteiger partial charge on any atom is 0.172 e. The topological polar surface area (TPSA) is 17.1 Å². The number of hydrogen-bond donors (Lipinski definition) is 0. The summed E-state index contributed by atoms with van der Waals surface area (Å²) in [6, 6.07) is 10.5. The Morgan fingerprint density at radius 3 is 2.61 bits per heavy atom. The summed E-state index contributed by atoms with van der Waals surface area (Å²) in [5, 5.41) is 0. The number of Topliss-reactive ketones (excluding diaryl/α,β-unsaturated/α-hetero) is 1. The zero-order valence-electron chi connectivity index (χ0n) is 11.1. The second-order valence-corrected chi connectivity index (χ2v) is 5.52. The lowest BCUT2D eigenvalue weighted by Crippen LogP contribution is -1.90. The summed E-state index contributed by atoms with van der Waals surface area (Å²) in [5.41, 5.74) is 3.93. The Hall–Kier alpha value is -1.41. The molecule has 2 rings (SSSR count). The quantitative estimate of drug-likeness (QED) is 0.714. The number of ketones is 1. The highest BCUT2D eigenvalue weighted by molar-refractivity contribution is 7.17. The van der Waals surface area contributed by atoms with Crippen LogP contribution >= 0.6 is 11.3 Å². The third kappa shape index (κ3) is 2.54. The van der Waals surface area contributed by atoms with Gasteiger partial charge in [-0.05, 0) is 42.2 Å². The Morgan fingerprint density at radius 1 is 1.17 bits per heavy atom. The highest BCUT2D eigenvalue weighted by Crippen LogP contribution is 2.30. The van der Waals surface area contributed by atoms with Crippen molar-refractivity contribution in [2.75, 3.05) is 0 Å². The van der Waals surface area contributed by atoms with Gasteiger partial charge in [-0.25, -0.2) is 0 Å². The van der Waals surface area contributed by atoms with Crippen LogP contribution in [0.4, 0.5) is 0 Å². The Kier molecular flexibility index (Phi) is 3.97. The Balaban J connectivity index is 2.37. The molecule has 1 aromatic heterocycles. The highest BCUT2D eigenvalue weighted by atomic mass is 32.1. The third-order valence-electron chi connectivity index (χ3n) is 3.22. The van der Waals surface area contributed by atoms with E-state index in [4.69, 9.17) is 0 Å². The number of carbonyl (C=O) groups is 1. The van der Waals surface area contributed by atoms with Crippen LogP contribution in [0.3, 0.4) is 0 Å². The van der Waals surface area contributed by atoms with Gasteiger partial charge in [0.15, 0.2) is 5.78 Å². The molecule has 0 atom stereocenters. The van der Waals surface area contributed by atoms with Gasteiger partial charge in [-0.15, -0.1) is 11.3 Å². The maximum absolute atomic E-state index is 11.6. The number of rotatable bonds is 4. The van der Waals surface area contributed by atoms with E-state index in [1.807, 2.05) is 13.0 Å². The van der Waals surface area contributed by atoms with Gasteiger partial charge in [0.1, 0.15) is 0 Å². The van der Waals surface area contributed by atoms with E-state index in [0.29, 0.717) is 6.42 Å². The molecular weight excluding hydrogens is 240 g/mol. The minimum atomic E-state index is 0.231. The molecule has 1 nitrogen and oxygen atoms in total. The molecule has 0 saturated heterocycles. The molecule has 0 fully saturated rings. The van der Waals surface area contributed by atoms with Gasteiger partial charge in [0.2, 0.25) is 0 Å². The van der Waals surface area contributed by atoms with E-state index in [2.05, 4.69) is 38.1 Å². The minimum Gasteiger partial charge on any atom is -0.293 e. The summed E-state index contributed by atoms with van der Waals surface area (Å²) < 4.78 is 0. The Bertz CT molecular complexity index is 566. The van der Waals surface area contributed by atoms with Crippen LogP contribution in [0.5, 0.6) is 0 Å². The van der Waals surface area contributed by atoms with Crippen LogP contribution in [0.25, 0.3) is 10.4 Å². The van der Waals surface area contributed by atoms with Crippen molar-refractivity contribution >= 4 is 17.1 Å². The van der Waals surface area contributed by atoms with E-state index in [-0.39, 0.29) is 5.78 Å². The fourth-order valence-corrected chi connectivity index (χ4v) is 3.03. The van der Waals surface area contributed by atoms with Crippen molar-refractivity contribution in [3.05, 3.63) is 46.3 Å². The SMILES string of the molecule is CCC(=O)c1ccc(-c2ccc(C)c(CC)c2)s1. The number of aryl methyl sites for hydroxylation is 2. The van der Waals surface area contributed by atoms with Crippen LogP contribution in [-0.2, 0) is 6.42 Å². The monoisotopic (exact) mass is 258 g/mol. The zero-order chi connectivity index (χ0) is 13.1. The molecule has 0 spiro atoms. The summed E-state index contributed by atoms with van der Waals surface area (Å²) >= 11 is 1.59. The summed E-state index contributed by atoms with van der Waals surface area (Å²) in [7, 11) is 0. The first-order chi connectivity index (χ1) is 8.65. The first kappa shape index (κ1) is 13.0. The Morgan fingerprint density at radius 2 is 1.94 bits per heavy atom. The Labute approximate surface area is 112 Å². The highest BCUT2D eigenvalue weighted by Gasteiger charge is 2.09. The predicted molar refractivity (Wildman–Crippen MR) is 78.5 cm³/mol. The van der Waals surface area contributed by atoms with E-state index in [0.717, 1.165) is 11.3 Å². The molecule has 0 aliphatic carbocycles. The molecule has 0 aliphatic heterocycles. The summed E-state index contributed by atoms with van der Waals surface area (Å²) in [5.74, 6) is 0.231. The zero-order valence-corrected chi connectivity index (χ0v) is 11.9. The van der Waals surface area contributed by atoms with Gasteiger partial charge in [0, 0.05) is 11.3 Å². The van der Waals surface area contributed by atoms with Crippen molar-refractivity contribution in [2.45, 2.75) is 33.6 Å². The number of benzene rings is 1. The van der Waals surface area contributed by atoms with Crippen LogP contribution < -0.4 is 0 Å². The van der Waals surface area contributed by atoms with E-state index in [9.17, 15) is 4.79 Å². The lowest BCUT2D eigenvalue weighted by atomic mass is 10.0. The first-order valence-corrected chi connectivity index (χ1v) is 7.20. The van der Waals surface area contributed by atoms with Gasteiger partial charge >= 0.3 is 0 Å². The first-order valence-electron chi connectivity index (χ1n) is 6.38. The third-order valence-corrected chi connectivity index (χ3v) is 4.39. The lowest BCUT2D eigenvalue weighted by molar-refractivity contribution is 0.0992.